The second-order valence-corrected chi connectivity index (χ2v) is 6.79. The second-order valence-electron chi connectivity index (χ2n) is 6.79. The van der Waals surface area contributed by atoms with Crippen LogP contribution in [0.15, 0.2) is 24.3 Å². The lowest BCUT2D eigenvalue weighted by Crippen LogP contribution is -2.43. The Bertz CT molecular complexity index is 561. The number of rotatable bonds is 4. The van der Waals surface area contributed by atoms with Gasteiger partial charge in [0.25, 0.3) is 0 Å². The highest BCUT2D eigenvalue weighted by molar-refractivity contribution is 6.00. The fourth-order valence-electron chi connectivity index (χ4n) is 3.04. The summed E-state index contributed by atoms with van der Waals surface area (Å²) in [4.78, 5) is 26.2. The Morgan fingerprint density at radius 2 is 1.91 bits per heavy atom. The number of benzene rings is 1. The molecule has 4 nitrogen and oxygen atoms in total. The fraction of sp³-hybridized carbons (Fsp3) is 0.556. The first-order valence-electron chi connectivity index (χ1n) is 8.25. The highest BCUT2D eigenvalue weighted by Crippen LogP contribution is 2.27. The monoisotopic (exact) mass is 300 g/mol. The average Bonchev–Trinajstić information content (AvgIpc) is 2.85. The van der Waals surface area contributed by atoms with Crippen molar-refractivity contribution in [1.82, 2.24) is 5.32 Å². The lowest BCUT2D eigenvalue weighted by atomic mass is 9.92. The first-order valence-corrected chi connectivity index (χ1v) is 8.25. The molecular weight excluding hydrogens is 276 g/mol. The van der Waals surface area contributed by atoms with E-state index in [4.69, 9.17) is 0 Å². The van der Waals surface area contributed by atoms with Crippen molar-refractivity contribution < 1.29 is 9.59 Å². The number of hydrogen-bond donors (Lipinski definition) is 1. The maximum absolute atomic E-state index is 12.2. The van der Waals surface area contributed by atoms with E-state index in [1.54, 1.807) is 4.90 Å². The molecule has 1 aliphatic heterocycles. The Labute approximate surface area is 131 Å². The quantitative estimate of drug-likeness (QED) is 0.929. The van der Waals surface area contributed by atoms with E-state index in [1.807, 2.05) is 12.1 Å². The molecule has 1 saturated heterocycles. The van der Waals surface area contributed by atoms with Crippen LogP contribution in [-0.4, -0.2) is 24.4 Å². The number of hydrogen-bond acceptors (Lipinski definition) is 2. The van der Waals surface area contributed by atoms with Crippen molar-refractivity contribution >= 4 is 17.5 Å². The standard InChI is InChI=1S/C18H24N2O2/c1-12(2)13-6-8-16(9-7-13)20-11-14(10-17(20)21)18(22)19-15-4-3-5-15/h6-9,12,14-15H,3-5,10-11H2,1-2H3,(H,19,22). The SMILES string of the molecule is CC(C)c1ccc(N2CC(C(=O)NC3CCC3)CC2=O)cc1. The number of amides is 2. The van der Waals surface area contributed by atoms with Crippen molar-refractivity contribution in [1.29, 1.82) is 0 Å². The van der Waals surface area contributed by atoms with Gasteiger partial charge in [0.1, 0.15) is 0 Å². The number of nitrogens with one attached hydrogen (secondary N) is 1. The molecule has 1 aromatic carbocycles. The van der Waals surface area contributed by atoms with Crippen LogP contribution >= 0.6 is 0 Å². The fourth-order valence-corrected chi connectivity index (χ4v) is 3.04. The molecule has 1 saturated carbocycles. The van der Waals surface area contributed by atoms with Crippen molar-refractivity contribution in [3.05, 3.63) is 29.8 Å². The van der Waals surface area contributed by atoms with E-state index in [0.29, 0.717) is 24.9 Å². The first kappa shape index (κ1) is 15.1. The highest BCUT2D eigenvalue weighted by atomic mass is 16.2. The van der Waals surface area contributed by atoms with Gasteiger partial charge in [0, 0.05) is 24.7 Å². The van der Waals surface area contributed by atoms with E-state index < -0.39 is 0 Å². The normalized spacial score (nSPS) is 22.0. The van der Waals surface area contributed by atoms with Crippen LogP contribution in [0.4, 0.5) is 5.69 Å². The molecule has 0 aromatic heterocycles. The van der Waals surface area contributed by atoms with Crippen molar-refractivity contribution in [3.63, 3.8) is 0 Å². The lowest BCUT2D eigenvalue weighted by molar-refractivity contribution is -0.127. The summed E-state index contributed by atoms with van der Waals surface area (Å²) in [6.07, 6.45) is 3.67. The predicted octanol–water partition coefficient (Wildman–Crippen LogP) is 2.83. The largest absolute Gasteiger partial charge is 0.353 e. The zero-order valence-corrected chi connectivity index (χ0v) is 13.3. The van der Waals surface area contributed by atoms with Crippen LogP contribution in [0, 0.1) is 5.92 Å². The van der Waals surface area contributed by atoms with E-state index in [9.17, 15) is 9.59 Å². The molecule has 1 heterocycles. The predicted molar refractivity (Wildman–Crippen MR) is 86.8 cm³/mol. The van der Waals surface area contributed by atoms with Gasteiger partial charge >= 0.3 is 0 Å². The van der Waals surface area contributed by atoms with Crippen molar-refractivity contribution in [2.45, 2.75) is 51.5 Å². The number of nitrogens with zero attached hydrogens (tertiary/aromatic N) is 1. The minimum atomic E-state index is -0.210. The molecule has 4 heteroatoms. The minimum Gasteiger partial charge on any atom is -0.353 e. The molecule has 118 valence electrons. The minimum absolute atomic E-state index is 0.0411. The molecule has 0 radical (unpaired) electrons. The second kappa shape index (κ2) is 6.11. The maximum Gasteiger partial charge on any atom is 0.227 e. The molecule has 22 heavy (non-hydrogen) atoms. The van der Waals surface area contributed by atoms with Gasteiger partial charge < -0.3 is 10.2 Å². The van der Waals surface area contributed by atoms with Gasteiger partial charge in [-0.3, -0.25) is 9.59 Å². The average molecular weight is 300 g/mol. The molecule has 1 aliphatic carbocycles. The van der Waals surface area contributed by atoms with E-state index in [2.05, 4.69) is 31.3 Å². The van der Waals surface area contributed by atoms with Gasteiger partial charge in [0.15, 0.2) is 0 Å². The molecular formula is C18H24N2O2. The molecule has 2 amide bonds. The van der Waals surface area contributed by atoms with Gasteiger partial charge in [0.2, 0.25) is 11.8 Å². The summed E-state index contributed by atoms with van der Waals surface area (Å²) in [5.74, 6) is 0.354. The van der Waals surface area contributed by atoms with Crippen molar-refractivity contribution in [3.8, 4) is 0 Å². The van der Waals surface area contributed by atoms with Gasteiger partial charge in [-0.1, -0.05) is 26.0 Å². The number of anilines is 1. The third-order valence-corrected chi connectivity index (χ3v) is 4.82. The topological polar surface area (TPSA) is 49.4 Å². The number of carbonyl (C=O) groups is 2. The van der Waals surface area contributed by atoms with E-state index in [0.717, 1.165) is 18.5 Å². The van der Waals surface area contributed by atoms with E-state index in [-0.39, 0.29) is 17.7 Å². The van der Waals surface area contributed by atoms with Crippen LogP contribution in [0.1, 0.15) is 51.0 Å². The molecule has 1 unspecified atom stereocenters. The van der Waals surface area contributed by atoms with Crippen LogP contribution in [0.25, 0.3) is 0 Å². The highest BCUT2D eigenvalue weighted by Gasteiger charge is 2.36. The summed E-state index contributed by atoms with van der Waals surface area (Å²) in [6, 6.07) is 8.44. The van der Waals surface area contributed by atoms with Gasteiger partial charge in [-0.15, -0.1) is 0 Å². The van der Waals surface area contributed by atoms with Crippen molar-refractivity contribution in [2.24, 2.45) is 5.92 Å². The third-order valence-electron chi connectivity index (χ3n) is 4.82. The molecule has 1 atom stereocenters. The molecule has 2 fully saturated rings. The maximum atomic E-state index is 12.2. The zero-order valence-electron chi connectivity index (χ0n) is 13.3. The Morgan fingerprint density at radius 1 is 1.23 bits per heavy atom. The zero-order chi connectivity index (χ0) is 15.7. The van der Waals surface area contributed by atoms with Crippen LogP contribution in [0.2, 0.25) is 0 Å². The molecule has 2 aliphatic rings. The van der Waals surface area contributed by atoms with E-state index >= 15 is 0 Å². The number of carbonyl (C=O) groups excluding carboxylic acids is 2. The summed E-state index contributed by atoms with van der Waals surface area (Å²) in [5, 5.41) is 3.06. The van der Waals surface area contributed by atoms with Crippen molar-refractivity contribution in [2.75, 3.05) is 11.4 Å². The Kier molecular flexibility index (Phi) is 4.19. The Balaban J connectivity index is 1.64. The van der Waals surface area contributed by atoms with Gasteiger partial charge in [-0.05, 0) is 42.9 Å². The summed E-state index contributed by atoms with van der Waals surface area (Å²) >= 11 is 0. The van der Waals surface area contributed by atoms with Gasteiger partial charge in [-0.25, -0.2) is 0 Å². The van der Waals surface area contributed by atoms with Crippen LogP contribution in [0.5, 0.6) is 0 Å². The summed E-state index contributed by atoms with van der Waals surface area (Å²) in [7, 11) is 0. The van der Waals surface area contributed by atoms with Gasteiger partial charge in [0.05, 0.1) is 5.92 Å². The van der Waals surface area contributed by atoms with Gasteiger partial charge in [-0.2, -0.15) is 0 Å². The molecule has 0 bridgehead atoms. The van der Waals surface area contributed by atoms with Crippen LogP contribution < -0.4 is 10.2 Å². The van der Waals surface area contributed by atoms with Crippen LogP contribution in [-0.2, 0) is 9.59 Å². The Morgan fingerprint density at radius 3 is 2.45 bits per heavy atom. The molecule has 3 rings (SSSR count). The lowest BCUT2D eigenvalue weighted by Gasteiger charge is -2.27. The molecule has 1 aromatic rings. The smallest absolute Gasteiger partial charge is 0.227 e. The van der Waals surface area contributed by atoms with E-state index in [1.165, 1.54) is 12.0 Å². The van der Waals surface area contributed by atoms with Crippen LogP contribution in [0.3, 0.4) is 0 Å². The summed E-state index contributed by atoms with van der Waals surface area (Å²) in [5.41, 5.74) is 2.16. The first-order chi connectivity index (χ1) is 10.5. The summed E-state index contributed by atoms with van der Waals surface area (Å²) < 4.78 is 0. The molecule has 1 N–H and O–H groups in total. The Hall–Kier alpha value is -1.84. The molecule has 0 spiro atoms. The third kappa shape index (κ3) is 3.01. The summed E-state index contributed by atoms with van der Waals surface area (Å²) in [6.45, 7) is 4.80.